The molecule has 0 unspecified atom stereocenters. The third kappa shape index (κ3) is 4.77. The van der Waals surface area contributed by atoms with Crippen molar-refractivity contribution in [1.82, 2.24) is 14.5 Å². The summed E-state index contributed by atoms with van der Waals surface area (Å²) in [7, 11) is 0. The molecule has 0 saturated carbocycles. The van der Waals surface area contributed by atoms with Crippen molar-refractivity contribution < 1.29 is 4.79 Å². The standard InChI is InChI=1S/C23H30N4O/c1-16(2)13-15-27-21(25-20-10-7-14-24-23(20)27)11-6-12-22(28)26-19-9-5-8-17(3)18(19)4/h5,7-10,14,16H,6,11-13,15H2,1-4H3,(H,26,28). The molecule has 5 nitrogen and oxygen atoms in total. The molecule has 3 aromatic rings. The lowest BCUT2D eigenvalue weighted by atomic mass is 10.1. The maximum absolute atomic E-state index is 12.4. The number of benzene rings is 1. The number of aryl methyl sites for hydroxylation is 3. The second-order valence-electron chi connectivity index (χ2n) is 7.86. The number of imidazole rings is 1. The molecule has 28 heavy (non-hydrogen) atoms. The number of anilines is 1. The van der Waals surface area contributed by atoms with Gasteiger partial charge in [0.05, 0.1) is 0 Å². The Bertz CT molecular complexity index is 958. The number of nitrogens with zero attached hydrogens (tertiary/aromatic N) is 3. The predicted molar refractivity (Wildman–Crippen MR) is 114 cm³/mol. The van der Waals surface area contributed by atoms with Crippen LogP contribution in [0.3, 0.4) is 0 Å². The first-order valence-corrected chi connectivity index (χ1v) is 10.1. The molecule has 2 aromatic heterocycles. The average molecular weight is 379 g/mol. The summed E-state index contributed by atoms with van der Waals surface area (Å²) in [6.45, 7) is 9.46. The molecule has 0 aliphatic carbocycles. The average Bonchev–Trinajstić information content (AvgIpc) is 3.01. The summed E-state index contributed by atoms with van der Waals surface area (Å²) in [4.78, 5) is 21.7. The van der Waals surface area contributed by atoms with Crippen molar-refractivity contribution in [2.75, 3.05) is 5.32 Å². The molecule has 148 valence electrons. The quantitative estimate of drug-likeness (QED) is 0.596. The first kappa shape index (κ1) is 20.1. The molecule has 1 aromatic carbocycles. The maximum Gasteiger partial charge on any atom is 0.224 e. The summed E-state index contributed by atoms with van der Waals surface area (Å²) in [5, 5.41) is 3.04. The number of nitrogens with one attached hydrogen (secondary N) is 1. The van der Waals surface area contributed by atoms with Crippen LogP contribution in [0.4, 0.5) is 5.69 Å². The van der Waals surface area contributed by atoms with E-state index in [2.05, 4.69) is 41.7 Å². The summed E-state index contributed by atoms with van der Waals surface area (Å²) >= 11 is 0. The van der Waals surface area contributed by atoms with E-state index in [1.165, 1.54) is 5.56 Å². The van der Waals surface area contributed by atoms with E-state index in [1.807, 2.05) is 37.4 Å². The van der Waals surface area contributed by atoms with Crippen LogP contribution in [0.1, 0.15) is 50.1 Å². The minimum absolute atomic E-state index is 0.0525. The van der Waals surface area contributed by atoms with Crippen molar-refractivity contribution in [2.45, 2.75) is 59.9 Å². The maximum atomic E-state index is 12.4. The molecule has 1 amide bonds. The molecule has 3 rings (SSSR count). The largest absolute Gasteiger partial charge is 0.326 e. The second kappa shape index (κ2) is 9.00. The Morgan fingerprint density at radius 1 is 1.18 bits per heavy atom. The van der Waals surface area contributed by atoms with Gasteiger partial charge in [-0.1, -0.05) is 26.0 Å². The third-order valence-corrected chi connectivity index (χ3v) is 5.20. The Hall–Kier alpha value is -2.69. The molecule has 0 atom stereocenters. The fourth-order valence-corrected chi connectivity index (χ4v) is 3.32. The Balaban J connectivity index is 1.64. The number of pyridine rings is 1. The highest BCUT2D eigenvalue weighted by Crippen LogP contribution is 2.20. The fourth-order valence-electron chi connectivity index (χ4n) is 3.32. The van der Waals surface area contributed by atoms with Gasteiger partial charge in [-0.25, -0.2) is 9.97 Å². The minimum atomic E-state index is 0.0525. The molecule has 0 bridgehead atoms. The van der Waals surface area contributed by atoms with Crippen LogP contribution < -0.4 is 5.32 Å². The highest BCUT2D eigenvalue weighted by atomic mass is 16.1. The summed E-state index contributed by atoms with van der Waals surface area (Å²) in [5.74, 6) is 1.70. The number of amides is 1. The van der Waals surface area contributed by atoms with Gasteiger partial charge in [0.25, 0.3) is 0 Å². The van der Waals surface area contributed by atoms with E-state index in [-0.39, 0.29) is 5.91 Å². The van der Waals surface area contributed by atoms with Crippen LogP contribution in [0.5, 0.6) is 0 Å². The van der Waals surface area contributed by atoms with Crippen LogP contribution in [0, 0.1) is 19.8 Å². The summed E-state index contributed by atoms with van der Waals surface area (Å²) in [6.07, 6.45) is 4.92. The zero-order valence-corrected chi connectivity index (χ0v) is 17.3. The highest BCUT2D eigenvalue weighted by Gasteiger charge is 2.13. The molecule has 0 saturated heterocycles. The van der Waals surface area contributed by atoms with E-state index < -0.39 is 0 Å². The summed E-state index contributed by atoms with van der Waals surface area (Å²) in [6, 6.07) is 9.91. The highest BCUT2D eigenvalue weighted by molar-refractivity contribution is 5.91. The molecule has 0 aliphatic rings. The number of carbonyl (C=O) groups excluding carboxylic acids is 1. The van der Waals surface area contributed by atoms with Gasteiger partial charge < -0.3 is 9.88 Å². The molecule has 5 heteroatoms. The van der Waals surface area contributed by atoms with Gasteiger partial charge in [0.2, 0.25) is 5.91 Å². The SMILES string of the molecule is Cc1cccc(NC(=O)CCCc2nc3cccnc3n2CCC(C)C)c1C. The van der Waals surface area contributed by atoms with E-state index >= 15 is 0 Å². The number of aromatic nitrogens is 3. The van der Waals surface area contributed by atoms with Crippen molar-refractivity contribution in [3.63, 3.8) is 0 Å². The van der Waals surface area contributed by atoms with Crippen molar-refractivity contribution in [1.29, 1.82) is 0 Å². The molecular formula is C23H30N4O. The summed E-state index contributed by atoms with van der Waals surface area (Å²) < 4.78 is 2.22. The van der Waals surface area contributed by atoms with Crippen molar-refractivity contribution >= 4 is 22.8 Å². The Morgan fingerprint density at radius 2 is 2.00 bits per heavy atom. The zero-order chi connectivity index (χ0) is 20.1. The lowest BCUT2D eigenvalue weighted by Crippen LogP contribution is -2.13. The van der Waals surface area contributed by atoms with Crippen LogP contribution in [-0.2, 0) is 17.8 Å². The van der Waals surface area contributed by atoms with Gasteiger partial charge in [0.15, 0.2) is 5.65 Å². The van der Waals surface area contributed by atoms with Gasteiger partial charge in [-0.2, -0.15) is 0 Å². The number of rotatable bonds is 8. The van der Waals surface area contributed by atoms with E-state index in [9.17, 15) is 4.79 Å². The van der Waals surface area contributed by atoms with Gasteiger partial charge in [0.1, 0.15) is 11.3 Å². The zero-order valence-electron chi connectivity index (χ0n) is 17.3. The van der Waals surface area contributed by atoms with Crippen LogP contribution in [0.15, 0.2) is 36.5 Å². The van der Waals surface area contributed by atoms with E-state index in [1.54, 1.807) is 0 Å². The fraction of sp³-hybridized carbons (Fsp3) is 0.435. The summed E-state index contributed by atoms with van der Waals surface area (Å²) in [5.41, 5.74) is 5.08. The van der Waals surface area contributed by atoms with Gasteiger partial charge >= 0.3 is 0 Å². The van der Waals surface area contributed by atoms with E-state index in [0.29, 0.717) is 12.3 Å². The first-order valence-electron chi connectivity index (χ1n) is 10.1. The monoisotopic (exact) mass is 378 g/mol. The molecular weight excluding hydrogens is 348 g/mol. The van der Waals surface area contributed by atoms with Gasteiger partial charge in [-0.05, 0) is 61.9 Å². The predicted octanol–water partition coefficient (Wildman–Crippen LogP) is 5.06. The topological polar surface area (TPSA) is 59.8 Å². The number of carbonyl (C=O) groups is 1. The molecule has 2 heterocycles. The lowest BCUT2D eigenvalue weighted by Gasteiger charge is -2.11. The smallest absolute Gasteiger partial charge is 0.224 e. The van der Waals surface area contributed by atoms with Crippen LogP contribution in [-0.4, -0.2) is 20.4 Å². The lowest BCUT2D eigenvalue weighted by molar-refractivity contribution is -0.116. The van der Waals surface area contributed by atoms with Gasteiger partial charge in [0, 0.05) is 31.3 Å². The number of hydrogen-bond acceptors (Lipinski definition) is 3. The molecule has 0 fully saturated rings. The van der Waals surface area contributed by atoms with Gasteiger partial charge in [-0.15, -0.1) is 0 Å². The number of fused-ring (bicyclic) bond motifs is 1. The molecule has 0 radical (unpaired) electrons. The first-order chi connectivity index (χ1) is 13.5. The van der Waals surface area contributed by atoms with Crippen molar-refractivity contribution in [3.05, 3.63) is 53.5 Å². The van der Waals surface area contributed by atoms with E-state index in [0.717, 1.165) is 54.0 Å². The van der Waals surface area contributed by atoms with Crippen LogP contribution in [0.2, 0.25) is 0 Å². The van der Waals surface area contributed by atoms with E-state index in [4.69, 9.17) is 4.98 Å². The molecule has 0 aliphatic heterocycles. The Morgan fingerprint density at radius 3 is 2.79 bits per heavy atom. The Kier molecular flexibility index (Phi) is 6.45. The minimum Gasteiger partial charge on any atom is -0.326 e. The Labute approximate surface area is 167 Å². The van der Waals surface area contributed by atoms with Crippen LogP contribution >= 0.6 is 0 Å². The normalized spacial score (nSPS) is 11.3. The van der Waals surface area contributed by atoms with Crippen molar-refractivity contribution in [3.8, 4) is 0 Å². The number of hydrogen-bond donors (Lipinski definition) is 1. The molecule has 1 N–H and O–H groups in total. The third-order valence-electron chi connectivity index (χ3n) is 5.20. The second-order valence-corrected chi connectivity index (χ2v) is 7.86. The van der Waals surface area contributed by atoms with Crippen LogP contribution in [0.25, 0.3) is 11.2 Å². The molecule has 0 spiro atoms. The van der Waals surface area contributed by atoms with Crippen molar-refractivity contribution in [2.24, 2.45) is 5.92 Å². The van der Waals surface area contributed by atoms with Gasteiger partial charge in [-0.3, -0.25) is 4.79 Å².